The molecule has 0 aromatic heterocycles. The lowest BCUT2D eigenvalue weighted by Crippen LogP contribution is -2.34. The van der Waals surface area contributed by atoms with E-state index < -0.39 is 0 Å². The lowest BCUT2D eigenvalue weighted by molar-refractivity contribution is -0.145. The first-order valence-corrected chi connectivity index (χ1v) is 16.4. The molecule has 2 aromatic carbocycles. The molecule has 43 heavy (non-hydrogen) atoms. The molecular weight excluding hydrogens is 554 g/mol. The highest BCUT2D eigenvalue weighted by molar-refractivity contribution is 7.97. The van der Waals surface area contributed by atoms with Crippen LogP contribution in [-0.2, 0) is 9.53 Å². The first-order valence-electron chi connectivity index (χ1n) is 15.6. The maximum Gasteiger partial charge on any atom is 0.333 e. The Hall–Kier alpha value is -3.55. The number of carbonyl (C=O) groups is 1. The maximum absolute atomic E-state index is 12.0. The van der Waals surface area contributed by atoms with Crippen molar-refractivity contribution < 1.29 is 13.9 Å². The Morgan fingerprint density at radius 1 is 1.00 bits per heavy atom. The molecule has 0 bridgehead atoms. The molecule has 0 amide bonds. The molecule has 7 heteroatoms. The fourth-order valence-corrected chi connectivity index (χ4v) is 6.99. The SMILES string of the molecule is C=C(C)C(=O)OC1CCN(Sc2ccccc2-c2c3ccc(=[N+](CC)CC)cc-3oc3cc(N(CC)CC)ccc23)CC1. The van der Waals surface area contributed by atoms with Crippen molar-refractivity contribution in [3.63, 3.8) is 0 Å². The van der Waals surface area contributed by atoms with Gasteiger partial charge in [0.25, 0.3) is 0 Å². The zero-order chi connectivity index (χ0) is 30.5. The molecule has 1 aliphatic carbocycles. The average molecular weight is 599 g/mol. The van der Waals surface area contributed by atoms with Gasteiger partial charge in [0.2, 0.25) is 5.36 Å². The third-order valence-electron chi connectivity index (χ3n) is 8.35. The van der Waals surface area contributed by atoms with Gasteiger partial charge < -0.3 is 14.1 Å². The third kappa shape index (κ3) is 6.68. The van der Waals surface area contributed by atoms with Crippen LogP contribution < -0.4 is 14.8 Å². The molecule has 2 heterocycles. The van der Waals surface area contributed by atoms with E-state index in [2.05, 4.69) is 109 Å². The number of ether oxygens (including phenoxy) is 1. The van der Waals surface area contributed by atoms with Crippen molar-refractivity contribution in [2.75, 3.05) is 44.2 Å². The van der Waals surface area contributed by atoms with Crippen LogP contribution in [0.15, 0.2) is 82.1 Å². The Morgan fingerprint density at radius 2 is 1.72 bits per heavy atom. The van der Waals surface area contributed by atoms with Crippen LogP contribution in [0.3, 0.4) is 0 Å². The Morgan fingerprint density at radius 3 is 2.40 bits per heavy atom. The summed E-state index contributed by atoms with van der Waals surface area (Å²) in [5.74, 6) is 0.599. The predicted molar refractivity (Wildman–Crippen MR) is 180 cm³/mol. The van der Waals surface area contributed by atoms with E-state index in [9.17, 15) is 4.79 Å². The zero-order valence-corrected chi connectivity index (χ0v) is 27.0. The number of piperidine rings is 1. The van der Waals surface area contributed by atoms with E-state index in [1.54, 1.807) is 18.9 Å². The van der Waals surface area contributed by atoms with Crippen LogP contribution in [0.4, 0.5) is 5.69 Å². The van der Waals surface area contributed by atoms with Gasteiger partial charge in [-0.3, -0.25) is 0 Å². The summed E-state index contributed by atoms with van der Waals surface area (Å²) in [7, 11) is 0. The van der Waals surface area contributed by atoms with Crippen LogP contribution in [0.1, 0.15) is 47.5 Å². The summed E-state index contributed by atoms with van der Waals surface area (Å²) in [5, 5.41) is 2.28. The standard InChI is InChI=1S/C36H44N3O3S/c1-7-37(8-2)26-15-17-29-32(23-26)42-33-24-27(38(9-3)10-4)16-18-30(33)35(29)31-13-11-12-14-34(31)43-39-21-19-28(20-22-39)41-36(40)25(5)6/h11-18,23-24,28H,5,7-10,19-22H2,1-4,6H3/q+1. The number of fused-ring (bicyclic) bond motifs is 2. The number of carbonyl (C=O) groups excluding carboxylic acids is 1. The Kier molecular flexibility index (Phi) is 9.93. The molecule has 1 saturated heterocycles. The predicted octanol–water partition coefficient (Wildman–Crippen LogP) is 7.45. The van der Waals surface area contributed by atoms with Crippen LogP contribution in [0.25, 0.3) is 33.4 Å². The van der Waals surface area contributed by atoms with Crippen LogP contribution in [0.2, 0.25) is 0 Å². The van der Waals surface area contributed by atoms with Gasteiger partial charge >= 0.3 is 5.97 Å². The van der Waals surface area contributed by atoms with Crippen molar-refractivity contribution in [1.29, 1.82) is 0 Å². The number of hydrogen-bond acceptors (Lipinski definition) is 6. The highest BCUT2D eigenvalue weighted by Crippen LogP contribution is 2.44. The number of esters is 1. The van der Waals surface area contributed by atoms with Crippen molar-refractivity contribution in [3.05, 3.63) is 78.2 Å². The zero-order valence-electron chi connectivity index (χ0n) is 26.2. The van der Waals surface area contributed by atoms with Crippen LogP contribution >= 0.6 is 11.9 Å². The van der Waals surface area contributed by atoms with Crippen molar-refractivity contribution in [1.82, 2.24) is 8.88 Å². The van der Waals surface area contributed by atoms with Crippen LogP contribution in [0.5, 0.6) is 0 Å². The fraction of sp³-hybridized carbons (Fsp3) is 0.389. The smallest absolute Gasteiger partial charge is 0.333 e. The highest BCUT2D eigenvalue weighted by Gasteiger charge is 2.26. The first kappa shape index (κ1) is 30.9. The van der Waals surface area contributed by atoms with E-state index in [0.717, 1.165) is 74.4 Å². The monoisotopic (exact) mass is 598 g/mol. The molecule has 6 nitrogen and oxygen atoms in total. The molecule has 0 saturated carbocycles. The third-order valence-corrected chi connectivity index (χ3v) is 9.53. The van der Waals surface area contributed by atoms with E-state index in [1.165, 1.54) is 27.1 Å². The molecule has 2 aliphatic heterocycles. The van der Waals surface area contributed by atoms with Gasteiger partial charge in [-0.1, -0.05) is 24.8 Å². The van der Waals surface area contributed by atoms with Gasteiger partial charge in [0.1, 0.15) is 30.5 Å². The summed E-state index contributed by atoms with van der Waals surface area (Å²) >= 11 is 1.79. The summed E-state index contributed by atoms with van der Waals surface area (Å²) in [5.41, 5.74) is 6.01. The number of rotatable bonds is 10. The largest absolute Gasteiger partial charge is 0.459 e. The van der Waals surface area contributed by atoms with Crippen molar-refractivity contribution in [2.45, 2.75) is 58.5 Å². The summed E-state index contributed by atoms with van der Waals surface area (Å²) in [4.78, 5) is 15.6. The average Bonchev–Trinajstić information content (AvgIpc) is 3.02. The second-order valence-electron chi connectivity index (χ2n) is 11.1. The minimum atomic E-state index is -0.294. The Labute approximate surface area is 260 Å². The van der Waals surface area contributed by atoms with E-state index >= 15 is 0 Å². The van der Waals surface area contributed by atoms with Gasteiger partial charge in [-0.2, -0.15) is 0 Å². The second-order valence-corrected chi connectivity index (χ2v) is 12.2. The molecule has 1 fully saturated rings. The molecule has 226 valence electrons. The van der Waals surface area contributed by atoms with Gasteiger partial charge in [0, 0.05) is 71.0 Å². The van der Waals surface area contributed by atoms with Crippen molar-refractivity contribution >= 4 is 34.6 Å². The number of hydrogen-bond donors (Lipinski definition) is 0. The van der Waals surface area contributed by atoms with Gasteiger partial charge in [-0.05, 0) is 89.2 Å². The van der Waals surface area contributed by atoms with Gasteiger partial charge in [-0.25, -0.2) is 13.7 Å². The Balaban J connectivity index is 1.58. The Bertz CT molecular complexity index is 1640. The van der Waals surface area contributed by atoms with Gasteiger partial charge in [-0.15, -0.1) is 0 Å². The molecule has 0 N–H and O–H groups in total. The van der Waals surface area contributed by atoms with E-state index in [4.69, 9.17) is 9.15 Å². The van der Waals surface area contributed by atoms with Crippen LogP contribution in [-0.4, -0.2) is 55.6 Å². The molecule has 0 unspecified atom stereocenters. The van der Waals surface area contributed by atoms with E-state index in [1.807, 2.05) is 0 Å². The topological polar surface area (TPSA) is 48.9 Å². The van der Waals surface area contributed by atoms with E-state index in [0.29, 0.717) is 5.57 Å². The summed E-state index contributed by atoms with van der Waals surface area (Å²) in [6.45, 7) is 19.6. The number of anilines is 1. The van der Waals surface area contributed by atoms with Gasteiger partial charge in [0.05, 0.1) is 6.07 Å². The molecule has 0 spiro atoms. The summed E-state index contributed by atoms with van der Waals surface area (Å²) in [6, 6.07) is 22.0. The molecule has 5 rings (SSSR count). The molecule has 3 aliphatic rings. The normalized spacial score (nSPS) is 14.3. The minimum Gasteiger partial charge on any atom is -0.459 e. The summed E-state index contributed by atoms with van der Waals surface area (Å²) < 4.78 is 17.1. The second kappa shape index (κ2) is 13.8. The number of nitrogens with zero attached hydrogens (tertiary/aromatic N) is 3. The lowest BCUT2D eigenvalue weighted by Gasteiger charge is -2.31. The minimum absolute atomic E-state index is 0.0556. The lowest BCUT2D eigenvalue weighted by atomic mass is 9.93. The van der Waals surface area contributed by atoms with E-state index in [-0.39, 0.29) is 12.1 Å². The quantitative estimate of drug-likeness (QED) is 0.0621. The molecule has 0 atom stereocenters. The van der Waals surface area contributed by atoms with Crippen molar-refractivity contribution in [3.8, 4) is 22.5 Å². The molecular formula is C36H44N3O3S+. The molecule has 2 aromatic rings. The van der Waals surface area contributed by atoms with Crippen molar-refractivity contribution in [2.24, 2.45) is 0 Å². The molecule has 0 radical (unpaired) electrons. The fourth-order valence-electron chi connectivity index (χ4n) is 5.91. The van der Waals surface area contributed by atoms with Gasteiger partial charge in [0.15, 0.2) is 0 Å². The first-order chi connectivity index (χ1) is 20.9. The summed E-state index contributed by atoms with van der Waals surface area (Å²) in [6.07, 6.45) is 1.57. The van der Waals surface area contributed by atoms with Crippen LogP contribution in [0, 0.1) is 0 Å². The maximum atomic E-state index is 12.0. The highest BCUT2D eigenvalue weighted by atomic mass is 32.2. The number of benzene rings is 3.